The first-order valence-electron chi connectivity index (χ1n) is 7.32. The van der Waals surface area contributed by atoms with Crippen molar-refractivity contribution in [3.05, 3.63) is 54.1 Å². The summed E-state index contributed by atoms with van der Waals surface area (Å²) in [4.78, 5) is 15.6. The van der Waals surface area contributed by atoms with Gasteiger partial charge in [0.2, 0.25) is 0 Å². The van der Waals surface area contributed by atoms with E-state index in [4.69, 9.17) is 0 Å². The van der Waals surface area contributed by atoms with Gasteiger partial charge in [-0.05, 0) is 17.5 Å². The van der Waals surface area contributed by atoms with E-state index in [1.807, 2.05) is 25.6 Å². The van der Waals surface area contributed by atoms with Crippen LogP contribution < -0.4 is 0 Å². The van der Waals surface area contributed by atoms with Crippen LogP contribution in [0, 0.1) is 0 Å². The Morgan fingerprint density at radius 2 is 2.00 bits per heavy atom. The van der Waals surface area contributed by atoms with Crippen LogP contribution >= 0.6 is 0 Å². The molecule has 0 saturated carbocycles. The lowest BCUT2D eigenvalue weighted by molar-refractivity contribution is -0.118. The first-order valence-corrected chi connectivity index (χ1v) is 7.32. The molecule has 20 heavy (non-hydrogen) atoms. The molecule has 106 valence electrons. The van der Waals surface area contributed by atoms with Crippen molar-refractivity contribution < 1.29 is 4.79 Å². The van der Waals surface area contributed by atoms with E-state index in [1.54, 1.807) is 0 Å². The fraction of sp³-hybridized carbons (Fsp3) is 0.412. The molecule has 0 fully saturated rings. The molecule has 0 aliphatic heterocycles. The smallest absolute Gasteiger partial charge is 0.136 e. The first kappa shape index (κ1) is 14.5. The molecule has 1 atom stereocenters. The number of benzene rings is 1. The second-order valence-electron chi connectivity index (χ2n) is 5.12. The summed E-state index contributed by atoms with van der Waals surface area (Å²) in [7, 11) is 0. The molecule has 0 radical (unpaired) electrons. The van der Waals surface area contributed by atoms with Crippen molar-refractivity contribution in [3.8, 4) is 0 Å². The molecule has 2 aromatic rings. The highest BCUT2D eigenvalue weighted by Crippen LogP contribution is 2.23. The van der Waals surface area contributed by atoms with Gasteiger partial charge >= 0.3 is 0 Å². The predicted molar refractivity (Wildman–Crippen MR) is 80.7 cm³/mol. The lowest BCUT2D eigenvalue weighted by atomic mass is 9.99. The molecule has 0 spiro atoms. The van der Waals surface area contributed by atoms with E-state index in [1.165, 1.54) is 5.56 Å². The predicted octanol–water partition coefficient (Wildman–Crippen LogP) is 3.79. The summed E-state index contributed by atoms with van der Waals surface area (Å²) in [5, 5.41) is 0. The minimum Gasteiger partial charge on any atom is -0.330 e. The molecule has 0 aliphatic carbocycles. The van der Waals surface area contributed by atoms with E-state index >= 15 is 0 Å². The number of carbonyl (C=O) groups excluding carboxylic acids is 1. The third-order valence-corrected chi connectivity index (χ3v) is 3.61. The van der Waals surface area contributed by atoms with Crippen LogP contribution in [0.1, 0.15) is 50.3 Å². The van der Waals surface area contributed by atoms with Gasteiger partial charge in [-0.25, -0.2) is 4.98 Å². The Balaban J connectivity index is 2.16. The van der Waals surface area contributed by atoms with Crippen LogP contribution in [-0.2, 0) is 11.2 Å². The van der Waals surface area contributed by atoms with Crippen molar-refractivity contribution in [1.82, 2.24) is 9.55 Å². The molecule has 1 unspecified atom stereocenters. The third kappa shape index (κ3) is 3.56. The highest BCUT2D eigenvalue weighted by atomic mass is 16.1. The summed E-state index contributed by atoms with van der Waals surface area (Å²) in [6, 6.07) is 8.75. The molecule has 0 amide bonds. The number of imidazole rings is 1. The number of ketones is 1. The van der Waals surface area contributed by atoms with Crippen LogP contribution in [0.15, 0.2) is 43.0 Å². The van der Waals surface area contributed by atoms with Crippen LogP contribution in [0.3, 0.4) is 0 Å². The lowest BCUT2D eigenvalue weighted by Crippen LogP contribution is -2.09. The van der Waals surface area contributed by atoms with E-state index in [0.717, 1.165) is 18.4 Å². The number of carbonyl (C=O) groups is 1. The number of Topliss-reactive ketones (excluding diaryl/α,β-unsaturated/α-hetero) is 1. The highest BCUT2D eigenvalue weighted by Gasteiger charge is 2.12. The standard InChI is InChI=1S/C17H22N2O/c1-3-5-17(19-11-10-18-13-19)15-8-6-14(7-9-15)12-16(20)4-2/h6-11,13,17H,3-5,12H2,1-2H3. The van der Waals surface area contributed by atoms with Gasteiger partial charge in [0.15, 0.2) is 0 Å². The van der Waals surface area contributed by atoms with Crippen LogP contribution in [0.4, 0.5) is 0 Å². The van der Waals surface area contributed by atoms with Gasteiger partial charge in [-0.2, -0.15) is 0 Å². The largest absolute Gasteiger partial charge is 0.330 e. The number of aromatic nitrogens is 2. The van der Waals surface area contributed by atoms with Gasteiger partial charge in [-0.15, -0.1) is 0 Å². The minimum absolute atomic E-state index is 0.289. The van der Waals surface area contributed by atoms with Crippen molar-refractivity contribution in [2.45, 2.75) is 45.6 Å². The van der Waals surface area contributed by atoms with Gasteiger partial charge in [0.1, 0.15) is 5.78 Å². The van der Waals surface area contributed by atoms with E-state index in [-0.39, 0.29) is 5.78 Å². The molecule has 1 heterocycles. The van der Waals surface area contributed by atoms with Gasteiger partial charge < -0.3 is 4.57 Å². The molecule has 3 heteroatoms. The van der Waals surface area contributed by atoms with Crippen molar-refractivity contribution in [3.63, 3.8) is 0 Å². The monoisotopic (exact) mass is 270 g/mol. The van der Waals surface area contributed by atoms with E-state index < -0.39 is 0 Å². The fourth-order valence-corrected chi connectivity index (χ4v) is 2.43. The Kier molecular flexibility index (Phi) is 5.10. The van der Waals surface area contributed by atoms with Gasteiger partial charge in [0, 0.05) is 25.2 Å². The SMILES string of the molecule is CCCC(c1ccc(CC(=O)CC)cc1)n1ccnc1. The van der Waals surface area contributed by atoms with Gasteiger partial charge in [0.05, 0.1) is 12.4 Å². The number of hydrogen-bond donors (Lipinski definition) is 0. The van der Waals surface area contributed by atoms with Crippen molar-refractivity contribution in [1.29, 1.82) is 0 Å². The maximum Gasteiger partial charge on any atom is 0.136 e. The quantitative estimate of drug-likeness (QED) is 0.767. The van der Waals surface area contributed by atoms with Crippen molar-refractivity contribution >= 4 is 5.78 Å². The maximum atomic E-state index is 11.5. The maximum absolute atomic E-state index is 11.5. The molecule has 2 rings (SSSR count). The average Bonchev–Trinajstić information content (AvgIpc) is 2.99. The normalized spacial score (nSPS) is 12.3. The first-order chi connectivity index (χ1) is 9.74. The van der Waals surface area contributed by atoms with E-state index in [9.17, 15) is 4.79 Å². The molecule has 0 bridgehead atoms. The Hall–Kier alpha value is -1.90. The molecular weight excluding hydrogens is 248 g/mol. The highest BCUT2D eigenvalue weighted by molar-refractivity contribution is 5.80. The summed E-state index contributed by atoms with van der Waals surface area (Å²) in [5.41, 5.74) is 2.37. The lowest BCUT2D eigenvalue weighted by Gasteiger charge is -2.18. The van der Waals surface area contributed by atoms with E-state index in [2.05, 4.69) is 40.7 Å². The average molecular weight is 270 g/mol. The van der Waals surface area contributed by atoms with Crippen LogP contribution in [0.5, 0.6) is 0 Å². The van der Waals surface area contributed by atoms with Crippen LogP contribution in [0.25, 0.3) is 0 Å². The minimum atomic E-state index is 0.289. The van der Waals surface area contributed by atoms with Crippen molar-refractivity contribution in [2.75, 3.05) is 0 Å². The molecule has 0 aliphatic rings. The van der Waals surface area contributed by atoms with Gasteiger partial charge in [0.25, 0.3) is 0 Å². The second-order valence-corrected chi connectivity index (χ2v) is 5.12. The second kappa shape index (κ2) is 7.04. The van der Waals surface area contributed by atoms with Gasteiger partial charge in [-0.1, -0.05) is 44.5 Å². The number of rotatable bonds is 7. The third-order valence-electron chi connectivity index (χ3n) is 3.61. The zero-order chi connectivity index (χ0) is 14.4. The van der Waals surface area contributed by atoms with Crippen LogP contribution in [0.2, 0.25) is 0 Å². The molecule has 1 aromatic heterocycles. The summed E-state index contributed by atoms with van der Waals surface area (Å²) in [6.07, 6.45) is 9.05. The van der Waals surface area contributed by atoms with Gasteiger partial charge in [-0.3, -0.25) is 4.79 Å². The van der Waals surface area contributed by atoms with E-state index in [0.29, 0.717) is 18.9 Å². The Labute approximate surface area is 120 Å². The summed E-state index contributed by atoms with van der Waals surface area (Å²) >= 11 is 0. The summed E-state index contributed by atoms with van der Waals surface area (Å²) in [6.45, 7) is 4.10. The zero-order valence-electron chi connectivity index (χ0n) is 12.2. The summed E-state index contributed by atoms with van der Waals surface area (Å²) in [5.74, 6) is 0.289. The molecular formula is C17H22N2O. The molecule has 1 aromatic carbocycles. The number of hydrogen-bond acceptors (Lipinski definition) is 2. The number of nitrogens with zero attached hydrogens (tertiary/aromatic N) is 2. The Morgan fingerprint density at radius 3 is 2.55 bits per heavy atom. The molecule has 0 saturated heterocycles. The zero-order valence-corrected chi connectivity index (χ0v) is 12.2. The molecule has 0 N–H and O–H groups in total. The Morgan fingerprint density at radius 1 is 1.25 bits per heavy atom. The molecule has 3 nitrogen and oxygen atoms in total. The fourth-order valence-electron chi connectivity index (χ4n) is 2.43. The van der Waals surface area contributed by atoms with Crippen LogP contribution in [-0.4, -0.2) is 15.3 Å². The topological polar surface area (TPSA) is 34.9 Å². The van der Waals surface area contributed by atoms with Crippen molar-refractivity contribution in [2.24, 2.45) is 0 Å². The summed E-state index contributed by atoms with van der Waals surface area (Å²) < 4.78 is 2.15. The Bertz CT molecular complexity index is 529.